The molecule has 0 N–H and O–H groups in total. The van der Waals surface area contributed by atoms with Crippen LogP contribution in [0.4, 0.5) is 34.1 Å². The fraction of sp³-hybridized carbons (Fsp3) is 0.0294. The van der Waals surface area contributed by atoms with E-state index < -0.39 is 0 Å². The molecule has 0 saturated carbocycles. The van der Waals surface area contributed by atoms with Crippen LogP contribution in [0, 0.1) is 13.8 Å². The number of aryl methyl sites for hydroxylation is 2. The second kappa shape index (κ2) is 15.2. The highest BCUT2D eigenvalue weighted by molar-refractivity contribution is 6.33. The first-order valence-electron chi connectivity index (χ1n) is 25.6. The summed E-state index contributed by atoms with van der Waals surface area (Å²) in [5.74, 6) is 0. The minimum atomic E-state index is 0.714. The summed E-state index contributed by atoms with van der Waals surface area (Å²) in [6.45, 7) is 4.28. The van der Waals surface area contributed by atoms with Crippen molar-refractivity contribution in [1.82, 2.24) is 0 Å². The van der Waals surface area contributed by atoms with Gasteiger partial charge in [0.25, 0.3) is 0 Å². The molecule has 0 radical (unpaired) electrons. The van der Waals surface area contributed by atoms with Gasteiger partial charge in [-0.05, 0) is 85.6 Å². The topological polar surface area (TPSA) is 85.3 Å². The Kier molecular flexibility index (Phi) is 8.26. The Morgan fingerprint density at radius 1 is 0.224 bits per heavy atom. The molecule has 0 aliphatic rings. The van der Waals surface area contributed by atoms with Crippen LogP contribution in [-0.2, 0) is 0 Å². The smallest absolute Gasteiger partial charge is 0.160 e. The standard InChI is InChI=1S/C68H40N2O6/c1-37-17-3-9-25-47(37)69(49-27-15-23-41-39-19-5-11-29-53(39)73-65(41)49)51-35-59-61(63-43-21-7-13-31-55(43)75-67(51)63)45-33-58-46(34-57(45)71-59)62-60(72-58)36-52(68-64(62)44-22-8-14-32-56(44)76-68)70(48-26-10-4-18-38(48)2)50-28-16-24-42-40-20-6-12-30-54(40)74-66(42)50/h3-36H,1-2H3. The van der Waals surface area contributed by atoms with E-state index in [4.69, 9.17) is 26.5 Å². The molecule has 0 atom stereocenters. The van der Waals surface area contributed by atoms with Crippen molar-refractivity contribution in [3.8, 4) is 0 Å². The number of nitrogens with zero attached hydrogens (tertiary/aromatic N) is 2. The molecule has 0 bridgehead atoms. The molecule has 8 heteroatoms. The lowest BCUT2D eigenvalue weighted by atomic mass is 10.0. The van der Waals surface area contributed by atoms with Crippen LogP contribution in [0.2, 0.25) is 0 Å². The van der Waals surface area contributed by atoms with Crippen molar-refractivity contribution in [2.45, 2.75) is 13.8 Å². The Bertz CT molecular complexity index is 4980. The Morgan fingerprint density at radius 3 is 1.00 bits per heavy atom. The van der Waals surface area contributed by atoms with E-state index in [1.165, 1.54) is 0 Å². The lowest BCUT2D eigenvalue weighted by Crippen LogP contribution is -2.12. The third-order valence-corrected chi connectivity index (χ3v) is 15.7. The Hall–Kier alpha value is -10.2. The lowest BCUT2D eigenvalue weighted by Gasteiger charge is -2.27. The number of furan rings is 6. The van der Waals surface area contributed by atoms with E-state index in [0.717, 1.165) is 166 Å². The predicted octanol–water partition coefficient (Wildman–Crippen LogP) is 20.6. The lowest BCUT2D eigenvalue weighted by molar-refractivity contribution is 0.659. The molecule has 358 valence electrons. The van der Waals surface area contributed by atoms with Crippen molar-refractivity contribution in [3.05, 3.63) is 217 Å². The molecular formula is C68H40N2O6. The van der Waals surface area contributed by atoms with Crippen LogP contribution < -0.4 is 9.80 Å². The number of rotatable bonds is 6. The maximum Gasteiger partial charge on any atom is 0.160 e. The van der Waals surface area contributed by atoms with E-state index >= 15 is 0 Å². The van der Waals surface area contributed by atoms with Gasteiger partial charge in [0, 0.05) is 88.1 Å². The van der Waals surface area contributed by atoms with E-state index in [-0.39, 0.29) is 0 Å². The minimum absolute atomic E-state index is 0.714. The average Bonchev–Trinajstić information content (AvgIpc) is 4.45. The Morgan fingerprint density at radius 2 is 0.566 bits per heavy atom. The van der Waals surface area contributed by atoms with Gasteiger partial charge in [0.05, 0.1) is 22.7 Å². The first-order valence-corrected chi connectivity index (χ1v) is 25.6. The van der Waals surface area contributed by atoms with Crippen molar-refractivity contribution in [2.75, 3.05) is 9.80 Å². The fourth-order valence-electron chi connectivity index (χ4n) is 12.3. The van der Waals surface area contributed by atoms with Crippen LogP contribution in [0.25, 0.3) is 132 Å². The van der Waals surface area contributed by atoms with Crippen LogP contribution in [0.3, 0.4) is 0 Å². The summed E-state index contributed by atoms with van der Waals surface area (Å²) < 4.78 is 42.0. The van der Waals surface area contributed by atoms with Crippen molar-refractivity contribution >= 4 is 166 Å². The monoisotopic (exact) mass is 980 g/mol. The Labute approximate surface area is 431 Å². The second-order valence-corrected chi connectivity index (χ2v) is 19.9. The highest BCUT2D eigenvalue weighted by Gasteiger charge is 2.31. The molecule has 0 fully saturated rings. The first-order chi connectivity index (χ1) is 37.5. The number of para-hydroxylation sites is 8. The van der Waals surface area contributed by atoms with E-state index in [9.17, 15) is 0 Å². The summed E-state index contributed by atoms with van der Waals surface area (Å²) in [6.07, 6.45) is 0. The molecule has 0 aliphatic heterocycles. The van der Waals surface area contributed by atoms with Gasteiger partial charge in [-0.2, -0.15) is 0 Å². The van der Waals surface area contributed by atoms with Crippen molar-refractivity contribution in [1.29, 1.82) is 0 Å². The van der Waals surface area contributed by atoms with Gasteiger partial charge in [-0.1, -0.05) is 133 Å². The average molecular weight is 981 g/mol. The molecule has 0 unspecified atom stereocenters. The van der Waals surface area contributed by atoms with Gasteiger partial charge >= 0.3 is 0 Å². The molecule has 76 heavy (non-hydrogen) atoms. The molecule has 6 aromatic heterocycles. The van der Waals surface area contributed by atoms with Gasteiger partial charge in [0.2, 0.25) is 0 Å². The molecule has 8 nitrogen and oxygen atoms in total. The van der Waals surface area contributed by atoms with E-state index in [2.05, 4.69) is 181 Å². The minimum Gasteiger partial charge on any atom is -0.456 e. The molecule has 6 heterocycles. The predicted molar refractivity (Wildman–Crippen MR) is 309 cm³/mol. The Balaban J connectivity index is 0.953. The summed E-state index contributed by atoms with van der Waals surface area (Å²) in [5, 5.41) is 11.8. The molecule has 0 spiro atoms. The SMILES string of the molecule is Cc1ccccc1N(c1cccc2c1oc1ccccc12)c1cc2oc3cc4c(cc3c2c2c1oc1ccccc12)oc1cc(N(c2ccccc2C)c2cccc3c2oc2ccccc23)c2oc3ccccc3c2c14. The van der Waals surface area contributed by atoms with E-state index in [1.54, 1.807) is 0 Å². The molecule has 0 amide bonds. The maximum atomic E-state index is 7.20. The zero-order chi connectivity index (χ0) is 49.9. The molecule has 17 aromatic rings. The summed E-state index contributed by atoms with van der Waals surface area (Å²) in [7, 11) is 0. The third kappa shape index (κ3) is 5.61. The molecule has 17 rings (SSSR count). The number of fused-ring (bicyclic) bond motifs is 20. The fourth-order valence-corrected chi connectivity index (χ4v) is 12.3. The zero-order valence-electron chi connectivity index (χ0n) is 41.0. The molecule has 0 saturated heterocycles. The highest BCUT2D eigenvalue weighted by Crippen LogP contribution is 2.54. The second-order valence-electron chi connectivity index (χ2n) is 19.9. The van der Waals surface area contributed by atoms with E-state index in [1.807, 2.05) is 48.5 Å². The van der Waals surface area contributed by atoms with Crippen molar-refractivity contribution in [2.24, 2.45) is 0 Å². The number of hydrogen-bond donors (Lipinski definition) is 0. The number of benzene rings is 11. The van der Waals surface area contributed by atoms with Gasteiger partial charge in [-0.25, -0.2) is 0 Å². The van der Waals surface area contributed by atoms with Crippen LogP contribution in [0.5, 0.6) is 0 Å². The molecule has 0 aliphatic carbocycles. The summed E-state index contributed by atoms with van der Waals surface area (Å²) in [4.78, 5) is 4.54. The van der Waals surface area contributed by atoms with Crippen molar-refractivity contribution < 1.29 is 26.5 Å². The van der Waals surface area contributed by atoms with Gasteiger partial charge in [-0.3, -0.25) is 0 Å². The highest BCUT2D eigenvalue weighted by atomic mass is 16.4. The first kappa shape index (κ1) is 41.3. The summed E-state index contributed by atoms with van der Waals surface area (Å²) in [6, 6.07) is 71.1. The van der Waals surface area contributed by atoms with Crippen LogP contribution in [-0.4, -0.2) is 0 Å². The van der Waals surface area contributed by atoms with Gasteiger partial charge in [-0.15, -0.1) is 0 Å². The molecular weight excluding hydrogens is 941 g/mol. The summed E-state index contributed by atoms with van der Waals surface area (Å²) >= 11 is 0. The quantitative estimate of drug-likeness (QED) is 0.163. The normalized spacial score (nSPS) is 12.3. The van der Waals surface area contributed by atoms with E-state index in [0.29, 0.717) is 11.2 Å². The third-order valence-electron chi connectivity index (χ3n) is 15.7. The maximum absolute atomic E-state index is 7.20. The zero-order valence-corrected chi connectivity index (χ0v) is 41.0. The largest absolute Gasteiger partial charge is 0.456 e. The van der Waals surface area contributed by atoms with Gasteiger partial charge in [0.15, 0.2) is 22.3 Å². The van der Waals surface area contributed by atoms with Crippen molar-refractivity contribution in [3.63, 3.8) is 0 Å². The molecule has 11 aromatic carbocycles. The van der Waals surface area contributed by atoms with Crippen LogP contribution in [0.1, 0.15) is 11.1 Å². The number of anilines is 6. The number of hydrogen-bond acceptors (Lipinski definition) is 8. The summed E-state index contributed by atoms with van der Waals surface area (Å²) in [5.41, 5.74) is 16.7. The van der Waals surface area contributed by atoms with Crippen LogP contribution >= 0.6 is 0 Å². The van der Waals surface area contributed by atoms with Crippen LogP contribution in [0.15, 0.2) is 233 Å². The van der Waals surface area contributed by atoms with Gasteiger partial charge in [0.1, 0.15) is 44.7 Å². The van der Waals surface area contributed by atoms with Gasteiger partial charge < -0.3 is 36.3 Å².